The summed E-state index contributed by atoms with van der Waals surface area (Å²) in [6, 6.07) is 12.7. The van der Waals surface area contributed by atoms with Crippen LogP contribution in [0.5, 0.6) is 17.2 Å². The molecule has 29 heavy (non-hydrogen) atoms. The molecule has 0 saturated heterocycles. The standard InChI is InChI=1S/C22H19Cl2NO4/c1-13-7-17(19(26)11-27-20-6-4-16(23)9-18(20)24)14(2)25(13)10-15-3-5-21-22(8-15)29-12-28-21/h3-9H,10-12H2,1-2H3. The Kier molecular flexibility index (Phi) is 5.43. The number of hydrogen-bond donors (Lipinski definition) is 0. The number of rotatable bonds is 6. The molecule has 3 aromatic rings. The molecular formula is C22H19Cl2NO4. The Labute approximate surface area is 178 Å². The highest BCUT2D eigenvalue weighted by Crippen LogP contribution is 2.33. The molecule has 5 nitrogen and oxygen atoms in total. The third-order valence-electron chi connectivity index (χ3n) is 4.90. The molecule has 0 amide bonds. The van der Waals surface area contributed by atoms with Crippen LogP contribution in [0.25, 0.3) is 0 Å². The summed E-state index contributed by atoms with van der Waals surface area (Å²) in [5.41, 5.74) is 3.58. The zero-order valence-corrected chi connectivity index (χ0v) is 17.5. The van der Waals surface area contributed by atoms with Crippen molar-refractivity contribution in [1.29, 1.82) is 0 Å². The van der Waals surface area contributed by atoms with Gasteiger partial charge in [-0.1, -0.05) is 29.3 Å². The van der Waals surface area contributed by atoms with Crippen molar-refractivity contribution < 1.29 is 19.0 Å². The highest BCUT2D eigenvalue weighted by atomic mass is 35.5. The number of carbonyl (C=O) groups excluding carboxylic acids is 1. The van der Waals surface area contributed by atoms with Gasteiger partial charge in [-0.05, 0) is 55.8 Å². The molecule has 1 aliphatic rings. The van der Waals surface area contributed by atoms with Gasteiger partial charge in [0.15, 0.2) is 18.1 Å². The van der Waals surface area contributed by atoms with Crippen LogP contribution in [0.2, 0.25) is 10.0 Å². The van der Waals surface area contributed by atoms with Gasteiger partial charge in [0.25, 0.3) is 0 Å². The van der Waals surface area contributed by atoms with Gasteiger partial charge in [-0.15, -0.1) is 0 Å². The van der Waals surface area contributed by atoms with Crippen LogP contribution in [0, 0.1) is 13.8 Å². The molecule has 1 aliphatic heterocycles. The predicted molar refractivity (Wildman–Crippen MR) is 112 cm³/mol. The number of fused-ring (bicyclic) bond motifs is 1. The Morgan fingerprint density at radius 3 is 2.66 bits per heavy atom. The van der Waals surface area contributed by atoms with Crippen molar-refractivity contribution in [1.82, 2.24) is 4.57 Å². The van der Waals surface area contributed by atoms with Crippen LogP contribution in [-0.2, 0) is 6.54 Å². The maximum atomic E-state index is 12.7. The summed E-state index contributed by atoms with van der Waals surface area (Å²) in [7, 11) is 0. The van der Waals surface area contributed by atoms with Crippen LogP contribution in [0.4, 0.5) is 0 Å². The third-order valence-corrected chi connectivity index (χ3v) is 5.43. The number of aromatic nitrogens is 1. The third kappa shape index (κ3) is 4.07. The lowest BCUT2D eigenvalue weighted by Crippen LogP contribution is -2.13. The minimum atomic E-state index is -0.110. The molecule has 0 bridgehead atoms. The van der Waals surface area contributed by atoms with Gasteiger partial charge in [0.2, 0.25) is 12.6 Å². The Balaban J connectivity index is 1.49. The van der Waals surface area contributed by atoms with E-state index in [4.69, 9.17) is 37.4 Å². The number of halogens is 2. The fourth-order valence-corrected chi connectivity index (χ4v) is 3.82. The van der Waals surface area contributed by atoms with Gasteiger partial charge < -0.3 is 18.8 Å². The van der Waals surface area contributed by atoms with Gasteiger partial charge in [0, 0.05) is 28.5 Å². The number of aryl methyl sites for hydroxylation is 1. The number of carbonyl (C=O) groups is 1. The minimum absolute atomic E-state index is 0.102. The van der Waals surface area contributed by atoms with Gasteiger partial charge >= 0.3 is 0 Å². The molecule has 0 unspecified atom stereocenters. The van der Waals surface area contributed by atoms with Crippen molar-refractivity contribution in [3.8, 4) is 17.2 Å². The van der Waals surface area contributed by atoms with Crippen LogP contribution in [0.15, 0.2) is 42.5 Å². The molecular weight excluding hydrogens is 413 g/mol. The first-order valence-corrected chi connectivity index (χ1v) is 9.84. The largest absolute Gasteiger partial charge is 0.484 e. The topological polar surface area (TPSA) is 49.7 Å². The van der Waals surface area contributed by atoms with Gasteiger partial charge in [-0.2, -0.15) is 0 Å². The second-order valence-corrected chi connectivity index (χ2v) is 7.69. The lowest BCUT2D eigenvalue weighted by Gasteiger charge is -2.11. The van der Waals surface area contributed by atoms with E-state index in [2.05, 4.69) is 4.57 Å². The average molecular weight is 432 g/mol. The molecule has 0 aliphatic carbocycles. The lowest BCUT2D eigenvalue weighted by molar-refractivity contribution is 0.0921. The number of ketones is 1. The SMILES string of the molecule is Cc1cc(C(=O)COc2ccc(Cl)cc2Cl)c(C)n1Cc1ccc2c(c1)OCO2. The molecule has 0 spiro atoms. The molecule has 150 valence electrons. The van der Waals surface area contributed by atoms with Gasteiger partial charge in [-0.25, -0.2) is 0 Å². The Morgan fingerprint density at radius 1 is 1.07 bits per heavy atom. The first kappa shape index (κ1) is 19.7. The molecule has 2 heterocycles. The zero-order valence-electron chi connectivity index (χ0n) is 16.0. The summed E-state index contributed by atoms with van der Waals surface area (Å²) < 4.78 is 18.5. The molecule has 4 rings (SSSR count). The summed E-state index contributed by atoms with van der Waals surface area (Å²) in [6.45, 7) is 4.69. The van der Waals surface area contributed by atoms with Crippen molar-refractivity contribution in [2.75, 3.05) is 13.4 Å². The summed E-state index contributed by atoms with van der Waals surface area (Å²) >= 11 is 12.0. The fraction of sp³-hybridized carbons (Fsp3) is 0.227. The van der Waals surface area contributed by atoms with Crippen LogP contribution < -0.4 is 14.2 Å². The second-order valence-electron chi connectivity index (χ2n) is 6.85. The van der Waals surface area contributed by atoms with E-state index >= 15 is 0 Å². The highest BCUT2D eigenvalue weighted by molar-refractivity contribution is 6.35. The first-order valence-electron chi connectivity index (χ1n) is 9.08. The molecule has 2 aromatic carbocycles. The van der Waals surface area contributed by atoms with Crippen molar-refractivity contribution in [2.45, 2.75) is 20.4 Å². The Bertz CT molecular complexity index is 1090. The zero-order chi connectivity index (χ0) is 20.5. The van der Waals surface area contributed by atoms with Crippen LogP contribution in [0.1, 0.15) is 27.3 Å². The highest BCUT2D eigenvalue weighted by Gasteiger charge is 2.18. The summed E-state index contributed by atoms with van der Waals surface area (Å²) in [5, 5.41) is 0.888. The first-order chi connectivity index (χ1) is 13.9. The number of hydrogen-bond acceptors (Lipinski definition) is 4. The van der Waals surface area contributed by atoms with E-state index in [1.807, 2.05) is 38.1 Å². The van der Waals surface area contributed by atoms with E-state index in [-0.39, 0.29) is 19.2 Å². The molecule has 0 radical (unpaired) electrons. The summed E-state index contributed by atoms with van der Waals surface area (Å²) in [5.74, 6) is 1.82. The van der Waals surface area contributed by atoms with Crippen molar-refractivity contribution >= 4 is 29.0 Å². The second kappa shape index (κ2) is 8.01. The minimum Gasteiger partial charge on any atom is -0.484 e. The van der Waals surface area contributed by atoms with E-state index in [1.165, 1.54) is 0 Å². The lowest BCUT2D eigenvalue weighted by atomic mass is 10.1. The molecule has 0 fully saturated rings. The van der Waals surface area contributed by atoms with E-state index in [0.29, 0.717) is 27.9 Å². The Hall–Kier alpha value is -2.63. The normalized spacial score (nSPS) is 12.3. The predicted octanol–water partition coefficient (Wildman–Crippen LogP) is 5.45. The van der Waals surface area contributed by atoms with E-state index in [1.54, 1.807) is 18.2 Å². The van der Waals surface area contributed by atoms with E-state index < -0.39 is 0 Å². The molecule has 1 aromatic heterocycles. The van der Waals surface area contributed by atoms with Crippen molar-refractivity contribution in [2.24, 2.45) is 0 Å². The quantitative estimate of drug-likeness (QED) is 0.486. The summed E-state index contributed by atoms with van der Waals surface area (Å²) in [6.07, 6.45) is 0. The monoisotopic (exact) mass is 431 g/mol. The van der Waals surface area contributed by atoms with Crippen LogP contribution in [-0.4, -0.2) is 23.8 Å². The smallest absolute Gasteiger partial charge is 0.231 e. The summed E-state index contributed by atoms with van der Waals surface area (Å²) in [4.78, 5) is 12.7. The maximum absolute atomic E-state index is 12.7. The number of benzene rings is 2. The van der Waals surface area contributed by atoms with Gasteiger partial charge in [0.05, 0.1) is 5.02 Å². The van der Waals surface area contributed by atoms with Crippen molar-refractivity contribution in [3.05, 3.63) is 75.0 Å². The number of nitrogens with zero attached hydrogens (tertiary/aromatic N) is 1. The molecule has 0 atom stereocenters. The Morgan fingerprint density at radius 2 is 1.86 bits per heavy atom. The fourth-order valence-electron chi connectivity index (χ4n) is 3.36. The van der Waals surface area contributed by atoms with E-state index in [0.717, 1.165) is 28.5 Å². The van der Waals surface area contributed by atoms with Crippen LogP contribution >= 0.6 is 23.2 Å². The van der Waals surface area contributed by atoms with Crippen molar-refractivity contribution in [3.63, 3.8) is 0 Å². The maximum Gasteiger partial charge on any atom is 0.231 e. The van der Waals surface area contributed by atoms with E-state index in [9.17, 15) is 4.79 Å². The van der Waals surface area contributed by atoms with Gasteiger partial charge in [0.1, 0.15) is 5.75 Å². The molecule has 0 N–H and O–H groups in total. The van der Waals surface area contributed by atoms with Crippen LogP contribution in [0.3, 0.4) is 0 Å². The number of ether oxygens (including phenoxy) is 3. The molecule has 0 saturated carbocycles. The molecule has 7 heteroatoms. The average Bonchev–Trinajstić information content (AvgIpc) is 3.26. The number of Topliss-reactive ketones (excluding diaryl/α,β-unsaturated/α-hetero) is 1. The van der Waals surface area contributed by atoms with Gasteiger partial charge in [-0.3, -0.25) is 4.79 Å².